The fourth-order valence-electron chi connectivity index (χ4n) is 2.96. The first-order chi connectivity index (χ1) is 9.93. The normalized spacial score (nSPS) is 21.3. The zero-order valence-corrected chi connectivity index (χ0v) is 13.6. The van der Waals surface area contributed by atoms with Crippen molar-refractivity contribution in [3.63, 3.8) is 0 Å². The molecule has 1 heterocycles. The van der Waals surface area contributed by atoms with Crippen LogP contribution < -0.4 is 4.90 Å². The average Bonchev–Trinajstić information content (AvgIpc) is 2.48. The third kappa shape index (κ3) is 2.95. The van der Waals surface area contributed by atoms with Gasteiger partial charge in [0, 0.05) is 35.7 Å². The van der Waals surface area contributed by atoms with E-state index in [1.54, 1.807) is 6.07 Å². The van der Waals surface area contributed by atoms with Gasteiger partial charge in [-0.1, -0.05) is 19.9 Å². The molecule has 1 saturated heterocycles. The molecule has 1 aliphatic heterocycles. The summed E-state index contributed by atoms with van der Waals surface area (Å²) in [5.41, 5.74) is 1.67. The van der Waals surface area contributed by atoms with E-state index in [1.165, 1.54) is 0 Å². The summed E-state index contributed by atoms with van der Waals surface area (Å²) >= 11 is 0. The van der Waals surface area contributed by atoms with Gasteiger partial charge in [-0.05, 0) is 31.4 Å². The van der Waals surface area contributed by atoms with Gasteiger partial charge in [0.25, 0.3) is 5.69 Å². The second-order valence-electron chi connectivity index (χ2n) is 5.61. The van der Waals surface area contributed by atoms with Crippen LogP contribution in [0.5, 0.6) is 0 Å². The van der Waals surface area contributed by atoms with Gasteiger partial charge in [-0.25, -0.2) is 0 Å². The van der Waals surface area contributed by atoms with Crippen LogP contribution in [0.4, 0.5) is 11.4 Å². The Balaban J connectivity index is 2.39. The number of hydrogen-bond acceptors (Lipinski definition) is 4. The first-order valence-electron chi connectivity index (χ1n) is 7.32. The molecule has 5 nitrogen and oxygen atoms in total. The van der Waals surface area contributed by atoms with Crippen molar-refractivity contribution >= 4 is 22.2 Å². The van der Waals surface area contributed by atoms with Crippen molar-refractivity contribution in [3.8, 4) is 0 Å². The van der Waals surface area contributed by atoms with Crippen molar-refractivity contribution in [2.75, 3.05) is 23.7 Å². The minimum Gasteiger partial charge on any atom is -0.364 e. The van der Waals surface area contributed by atoms with E-state index in [0.717, 1.165) is 18.4 Å². The third-order valence-electron chi connectivity index (χ3n) is 4.47. The lowest BCUT2D eigenvalue weighted by molar-refractivity contribution is -0.384. The lowest BCUT2D eigenvalue weighted by atomic mass is 10.0. The van der Waals surface area contributed by atoms with Gasteiger partial charge >= 0.3 is 0 Å². The monoisotopic (exact) mass is 310 g/mol. The van der Waals surface area contributed by atoms with Gasteiger partial charge < -0.3 is 4.90 Å². The molecule has 0 bridgehead atoms. The van der Waals surface area contributed by atoms with E-state index in [2.05, 4.69) is 13.8 Å². The highest BCUT2D eigenvalue weighted by Gasteiger charge is 2.40. The Bertz CT molecular complexity index is 570. The molecule has 0 radical (unpaired) electrons. The van der Waals surface area contributed by atoms with Crippen LogP contribution in [0.1, 0.15) is 32.3 Å². The van der Waals surface area contributed by atoms with Crippen molar-refractivity contribution in [2.24, 2.45) is 0 Å². The molecule has 0 saturated carbocycles. The molecule has 21 heavy (non-hydrogen) atoms. The lowest BCUT2D eigenvalue weighted by Crippen LogP contribution is -2.53. The Kier molecular flexibility index (Phi) is 4.66. The summed E-state index contributed by atoms with van der Waals surface area (Å²) in [6.45, 7) is 7.18. The van der Waals surface area contributed by atoms with Gasteiger partial charge in [-0.15, -0.1) is 0 Å². The lowest BCUT2D eigenvalue weighted by Gasteiger charge is -2.42. The molecule has 1 unspecified atom stereocenters. The Morgan fingerprint density at radius 1 is 1.38 bits per heavy atom. The Morgan fingerprint density at radius 3 is 2.62 bits per heavy atom. The molecule has 1 atom stereocenters. The molecule has 1 aromatic carbocycles. The van der Waals surface area contributed by atoms with Crippen LogP contribution in [0.25, 0.3) is 0 Å². The largest absolute Gasteiger partial charge is 0.364 e. The van der Waals surface area contributed by atoms with E-state index in [4.69, 9.17) is 0 Å². The standard InChI is InChI=1S/C15H22N2O3S/c1-4-15(5-2)11-16(8-9-21(15)20)13-7-6-12(3)10-14(13)17(18)19/h6-7,10H,4-5,8-9,11H2,1-3H3. The van der Waals surface area contributed by atoms with Crippen molar-refractivity contribution in [1.82, 2.24) is 0 Å². The first-order valence-corrected chi connectivity index (χ1v) is 8.64. The van der Waals surface area contributed by atoms with Crippen LogP contribution in [0.3, 0.4) is 0 Å². The number of nitro groups is 1. The summed E-state index contributed by atoms with van der Waals surface area (Å²) in [6, 6.07) is 5.33. The smallest absolute Gasteiger partial charge is 0.292 e. The van der Waals surface area contributed by atoms with E-state index >= 15 is 0 Å². The fourth-order valence-corrected chi connectivity index (χ4v) is 4.72. The van der Waals surface area contributed by atoms with Gasteiger partial charge in [-0.2, -0.15) is 0 Å². The van der Waals surface area contributed by atoms with Crippen LogP contribution >= 0.6 is 0 Å². The highest BCUT2D eigenvalue weighted by atomic mass is 32.2. The number of aryl methyl sites for hydroxylation is 1. The SMILES string of the molecule is CCC1(CC)CN(c2ccc(C)cc2[N+](=O)[O-])CCS1=O. The minimum atomic E-state index is -0.864. The molecule has 2 rings (SSSR count). The molecule has 0 aromatic heterocycles. The van der Waals surface area contributed by atoms with Gasteiger partial charge in [0.15, 0.2) is 0 Å². The number of benzene rings is 1. The van der Waals surface area contributed by atoms with E-state index in [9.17, 15) is 14.3 Å². The number of hydrogen-bond donors (Lipinski definition) is 0. The third-order valence-corrected chi connectivity index (χ3v) is 6.69. The molecule has 0 amide bonds. The molecule has 1 aromatic rings. The summed E-state index contributed by atoms with van der Waals surface area (Å²) in [6.07, 6.45) is 1.65. The Morgan fingerprint density at radius 2 is 2.05 bits per heavy atom. The predicted molar refractivity (Wildman–Crippen MR) is 86.4 cm³/mol. The minimum absolute atomic E-state index is 0.142. The summed E-state index contributed by atoms with van der Waals surface area (Å²) in [5.74, 6) is 0.576. The van der Waals surface area contributed by atoms with Crippen LogP contribution in [0.15, 0.2) is 18.2 Å². The Hall–Kier alpha value is -1.43. The van der Waals surface area contributed by atoms with Crippen molar-refractivity contribution in [3.05, 3.63) is 33.9 Å². The predicted octanol–water partition coefficient (Wildman–Crippen LogP) is 3.03. The number of anilines is 1. The second-order valence-corrected chi connectivity index (χ2v) is 7.58. The van der Waals surface area contributed by atoms with Crippen molar-refractivity contribution in [2.45, 2.75) is 38.4 Å². The van der Waals surface area contributed by atoms with E-state index < -0.39 is 10.8 Å². The molecular formula is C15H22N2O3S. The highest BCUT2D eigenvalue weighted by Crippen LogP contribution is 2.35. The van der Waals surface area contributed by atoms with Crippen molar-refractivity contribution < 1.29 is 9.13 Å². The molecule has 116 valence electrons. The maximum atomic E-state index is 12.4. The maximum absolute atomic E-state index is 12.4. The molecule has 0 aliphatic carbocycles. The summed E-state index contributed by atoms with van der Waals surface area (Å²) in [7, 11) is -0.864. The number of nitro benzene ring substituents is 1. The van der Waals surface area contributed by atoms with E-state index in [1.807, 2.05) is 24.0 Å². The second kappa shape index (κ2) is 6.13. The van der Waals surface area contributed by atoms with E-state index in [0.29, 0.717) is 24.5 Å². The average molecular weight is 310 g/mol. The molecule has 1 fully saturated rings. The molecular weight excluding hydrogens is 288 g/mol. The quantitative estimate of drug-likeness (QED) is 0.633. The molecule has 0 N–H and O–H groups in total. The fraction of sp³-hybridized carbons (Fsp3) is 0.600. The molecule has 6 heteroatoms. The van der Waals surface area contributed by atoms with Gasteiger partial charge in [0.05, 0.1) is 9.67 Å². The van der Waals surface area contributed by atoms with Crippen LogP contribution in [-0.4, -0.2) is 32.7 Å². The van der Waals surface area contributed by atoms with Crippen LogP contribution in [-0.2, 0) is 10.8 Å². The van der Waals surface area contributed by atoms with Gasteiger partial charge in [0.2, 0.25) is 0 Å². The molecule has 1 aliphatic rings. The van der Waals surface area contributed by atoms with E-state index in [-0.39, 0.29) is 15.4 Å². The summed E-state index contributed by atoms with van der Waals surface area (Å²) in [4.78, 5) is 13.0. The summed E-state index contributed by atoms with van der Waals surface area (Å²) < 4.78 is 12.1. The zero-order chi connectivity index (χ0) is 15.6. The molecule has 0 spiro atoms. The number of rotatable bonds is 4. The topological polar surface area (TPSA) is 63.4 Å². The summed E-state index contributed by atoms with van der Waals surface area (Å²) in [5, 5.41) is 11.3. The zero-order valence-electron chi connectivity index (χ0n) is 12.8. The highest BCUT2D eigenvalue weighted by molar-refractivity contribution is 7.86. The first kappa shape index (κ1) is 15.9. The van der Waals surface area contributed by atoms with Crippen LogP contribution in [0.2, 0.25) is 0 Å². The van der Waals surface area contributed by atoms with Crippen LogP contribution in [0, 0.1) is 17.0 Å². The maximum Gasteiger partial charge on any atom is 0.292 e. The van der Waals surface area contributed by atoms with Gasteiger partial charge in [0.1, 0.15) is 5.69 Å². The van der Waals surface area contributed by atoms with Crippen molar-refractivity contribution in [1.29, 1.82) is 0 Å². The number of nitrogens with zero attached hydrogens (tertiary/aromatic N) is 2. The Labute approximate surface area is 127 Å². The van der Waals surface area contributed by atoms with Gasteiger partial charge in [-0.3, -0.25) is 14.3 Å².